The number of ether oxygens (including phenoxy) is 4. The first-order valence-electron chi connectivity index (χ1n) is 7.02. The summed E-state index contributed by atoms with van der Waals surface area (Å²) < 4.78 is 21.0. The summed E-state index contributed by atoms with van der Waals surface area (Å²) >= 11 is 0. The van der Waals surface area contributed by atoms with Crippen LogP contribution in [0, 0.1) is 0 Å². The molecule has 0 aliphatic rings. The van der Waals surface area contributed by atoms with E-state index in [1.165, 1.54) is 7.11 Å². The molecule has 0 bridgehead atoms. The summed E-state index contributed by atoms with van der Waals surface area (Å²) in [6.45, 7) is 0.530. The predicted molar refractivity (Wildman–Crippen MR) is 95.3 cm³/mol. The largest absolute Gasteiger partial charge is 0.504 e. The molecule has 0 saturated carbocycles. The minimum Gasteiger partial charge on any atom is -0.504 e. The van der Waals surface area contributed by atoms with Gasteiger partial charge in [0, 0.05) is 18.3 Å². The van der Waals surface area contributed by atoms with Gasteiger partial charge in [0.2, 0.25) is 5.75 Å². The second-order valence-corrected chi connectivity index (χ2v) is 4.77. The number of phenols is 1. The average Bonchev–Trinajstić information content (AvgIpc) is 2.58. The van der Waals surface area contributed by atoms with E-state index in [-0.39, 0.29) is 18.2 Å². The van der Waals surface area contributed by atoms with Crippen molar-refractivity contribution < 1.29 is 24.1 Å². The summed E-state index contributed by atoms with van der Waals surface area (Å²) in [5, 5.41) is 13.0. The number of anilines is 1. The standard InChI is InChI=1S/C17H21NO5.ClH/c1-20-14-6-5-12(9-13(14)19)18-10-11-7-15(21-2)17(23-4)16(8-11)22-3;/h5-9,18-19H,10H2,1-4H3;1H. The van der Waals surface area contributed by atoms with E-state index in [2.05, 4.69) is 5.32 Å². The molecule has 0 aliphatic carbocycles. The van der Waals surface area contributed by atoms with Crippen LogP contribution in [0.3, 0.4) is 0 Å². The first kappa shape index (κ1) is 19.6. The Labute approximate surface area is 147 Å². The van der Waals surface area contributed by atoms with E-state index >= 15 is 0 Å². The highest BCUT2D eigenvalue weighted by Crippen LogP contribution is 2.38. The zero-order valence-electron chi connectivity index (χ0n) is 14.1. The highest BCUT2D eigenvalue weighted by atomic mass is 35.5. The number of hydrogen-bond donors (Lipinski definition) is 2. The number of halogens is 1. The van der Waals surface area contributed by atoms with E-state index in [1.807, 2.05) is 18.2 Å². The Morgan fingerprint density at radius 3 is 1.88 bits per heavy atom. The van der Waals surface area contributed by atoms with Crippen molar-refractivity contribution in [3.05, 3.63) is 35.9 Å². The van der Waals surface area contributed by atoms with Crippen molar-refractivity contribution in [1.82, 2.24) is 0 Å². The summed E-state index contributed by atoms with van der Waals surface area (Å²) in [4.78, 5) is 0. The molecular formula is C17H22ClNO5. The van der Waals surface area contributed by atoms with Gasteiger partial charge in [0.15, 0.2) is 23.0 Å². The zero-order valence-corrected chi connectivity index (χ0v) is 14.9. The summed E-state index contributed by atoms with van der Waals surface area (Å²) in [5.74, 6) is 2.27. The van der Waals surface area contributed by atoms with Crippen molar-refractivity contribution >= 4 is 18.1 Å². The fourth-order valence-electron chi connectivity index (χ4n) is 2.24. The Morgan fingerprint density at radius 2 is 1.42 bits per heavy atom. The van der Waals surface area contributed by atoms with Crippen LogP contribution >= 0.6 is 12.4 Å². The van der Waals surface area contributed by atoms with Gasteiger partial charge in [-0.25, -0.2) is 0 Å². The number of methoxy groups -OCH3 is 4. The van der Waals surface area contributed by atoms with Crippen molar-refractivity contribution in [3.63, 3.8) is 0 Å². The minimum atomic E-state index is 0. The predicted octanol–water partition coefficient (Wildman–Crippen LogP) is 3.46. The number of aromatic hydroxyl groups is 1. The maximum atomic E-state index is 9.80. The number of nitrogens with one attached hydrogen (secondary N) is 1. The number of hydrogen-bond acceptors (Lipinski definition) is 6. The van der Waals surface area contributed by atoms with E-state index in [0.29, 0.717) is 29.5 Å². The Morgan fingerprint density at radius 1 is 0.833 bits per heavy atom. The lowest BCUT2D eigenvalue weighted by Crippen LogP contribution is -2.02. The lowest BCUT2D eigenvalue weighted by molar-refractivity contribution is 0.324. The SMILES string of the molecule is COc1ccc(NCc2cc(OC)c(OC)c(OC)c2)cc1O.Cl. The van der Waals surface area contributed by atoms with Crippen LogP contribution in [0.1, 0.15) is 5.56 Å². The summed E-state index contributed by atoms with van der Waals surface area (Å²) in [7, 11) is 6.24. The molecule has 6 nitrogen and oxygen atoms in total. The molecule has 0 fully saturated rings. The molecule has 2 N–H and O–H groups in total. The van der Waals surface area contributed by atoms with Gasteiger partial charge in [0.1, 0.15) is 0 Å². The fourth-order valence-corrected chi connectivity index (χ4v) is 2.24. The molecular weight excluding hydrogens is 334 g/mol. The fraction of sp³-hybridized carbons (Fsp3) is 0.294. The molecule has 0 atom stereocenters. The molecule has 0 aliphatic heterocycles. The quantitative estimate of drug-likeness (QED) is 0.792. The van der Waals surface area contributed by atoms with Gasteiger partial charge in [0.25, 0.3) is 0 Å². The normalized spacial score (nSPS) is 9.67. The van der Waals surface area contributed by atoms with Crippen molar-refractivity contribution in [2.75, 3.05) is 33.8 Å². The smallest absolute Gasteiger partial charge is 0.203 e. The van der Waals surface area contributed by atoms with Gasteiger partial charge in [-0.2, -0.15) is 0 Å². The second-order valence-electron chi connectivity index (χ2n) is 4.77. The minimum absolute atomic E-state index is 0. The van der Waals surface area contributed by atoms with Crippen LogP contribution in [0.25, 0.3) is 0 Å². The number of phenolic OH excluding ortho intramolecular Hbond substituents is 1. The lowest BCUT2D eigenvalue weighted by atomic mass is 10.1. The number of rotatable bonds is 7. The highest BCUT2D eigenvalue weighted by Gasteiger charge is 2.13. The van der Waals surface area contributed by atoms with Gasteiger partial charge < -0.3 is 29.4 Å². The Balaban J connectivity index is 0.00000288. The zero-order chi connectivity index (χ0) is 16.8. The van der Waals surface area contributed by atoms with Crippen LogP contribution in [0.5, 0.6) is 28.7 Å². The molecule has 0 heterocycles. The molecule has 0 spiro atoms. The molecule has 0 aromatic heterocycles. The molecule has 0 unspecified atom stereocenters. The van der Waals surface area contributed by atoms with E-state index < -0.39 is 0 Å². The first-order chi connectivity index (χ1) is 11.1. The van der Waals surface area contributed by atoms with Crippen LogP contribution in [0.4, 0.5) is 5.69 Å². The van der Waals surface area contributed by atoms with E-state index in [0.717, 1.165) is 11.3 Å². The maximum absolute atomic E-state index is 9.80. The highest BCUT2D eigenvalue weighted by molar-refractivity contribution is 5.85. The Bertz CT molecular complexity index is 653. The first-order valence-corrected chi connectivity index (χ1v) is 7.02. The summed E-state index contributed by atoms with van der Waals surface area (Å²) in [6, 6.07) is 8.88. The molecule has 2 aromatic rings. The van der Waals surface area contributed by atoms with E-state index in [4.69, 9.17) is 18.9 Å². The molecule has 0 radical (unpaired) electrons. The van der Waals surface area contributed by atoms with Crippen LogP contribution in [-0.4, -0.2) is 33.5 Å². The second kappa shape index (κ2) is 8.98. The maximum Gasteiger partial charge on any atom is 0.203 e. The van der Waals surface area contributed by atoms with Crippen molar-refractivity contribution in [2.24, 2.45) is 0 Å². The van der Waals surface area contributed by atoms with Crippen molar-refractivity contribution in [3.8, 4) is 28.7 Å². The Hall–Kier alpha value is -2.47. The van der Waals surface area contributed by atoms with Crippen LogP contribution < -0.4 is 24.3 Å². The van der Waals surface area contributed by atoms with Crippen molar-refractivity contribution in [1.29, 1.82) is 0 Å². The third-order valence-corrected chi connectivity index (χ3v) is 3.40. The Kier molecular flexibility index (Phi) is 7.32. The summed E-state index contributed by atoms with van der Waals surface area (Å²) in [5.41, 5.74) is 1.73. The molecule has 132 valence electrons. The molecule has 7 heteroatoms. The third-order valence-electron chi connectivity index (χ3n) is 3.40. The average molecular weight is 356 g/mol. The molecule has 2 aromatic carbocycles. The van der Waals surface area contributed by atoms with E-state index in [1.54, 1.807) is 33.5 Å². The summed E-state index contributed by atoms with van der Waals surface area (Å²) in [6.07, 6.45) is 0. The number of benzene rings is 2. The van der Waals surface area contributed by atoms with E-state index in [9.17, 15) is 5.11 Å². The van der Waals surface area contributed by atoms with Gasteiger partial charge in [-0.15, -0.1) is 12.4 Å². The van der Waals surface area contributed by atoms with Gasteiger partial charge in [-0.05, 0) is 29.8 Å². The van der Waals surface area contributed by atoms with Crippen LogP contribution in [0.2, 0.25) is 0 Å². The van der Waals surface area contributed by atoms with Gasteiger partial charge in [0.05, 0.1) is 28.4 Å². The lowest BCUT2D eigenvalue weighted by Gasteiger charge is -2.15. The van der Waals surface area contributed by atoms with Crippen LogP contribution in [-0.2, 0) is 6.54 Å². The van der Waals surface area contributed by atoms with Gasteiger partial charge in [-0.3, -0.25) is 0 Å². The molecule has 24 heavy (non-hydrogen) atoms. The topological polar surface area (TPSA) is 69.2 Å². The molecule has 2 rings (SSSR count). The van der Waals surface area contributed by atoms with Gasteiger partial charge >= 0.3 is 0 Å². The van der Waals surface area contributed by atoms with Crippen LogP contribution in [0.15, 0.2) is 30.3 Å². The van der Waals surface area contributed by atoms with Crippen molar-refractivity contribution in [2.45, 2.75) is 6.54 Å². The molecule has 0 amide bonds. The van der Waals surface area contributed by atoms with Gasteiger partial charge in [-0.1, -0.05) is 0 Å². The third kappa shape index (κ3) is 4.29. The molecule has 0 saturated heterocycles. The monoisotopic (exact) mass is 355 g/mol.